The average molecular weight is 726 g/mol. The largest absolute Gasteiger partial charge is 1.00 e. The van der Waals surface area contributed by atoms with Crippen LogP contribution in [-0.4, -0.2) is 139 Å². The first-order valence-corrected chi connectivity index (χ1v) is 15.0. The maximum Gasteiger partial charge on any atom is 1.00 e. The molecular weight excluding hydrogens is 670 g/mol. The van der Waals surface area contributed by atoms with E-state index in [0.29, 0.717) is 65.3 Å². The van der Waals surface area contributed by atoms with Gasteiger partial charge in [-0.2, -0.15) is 0 Å². The number of carbonyl (C=O) groups excluding carboxylic acids is 4. The van der Waals surface area contributed by atoms with Crippen LogP contribution in [-0.2, 0) is 33.4 Å². The molecule has 0 saturated carbocycles. The second-order valence-electron chi connectivity index (χ2n) is 13.9. The summed E-state index contributed by atoms with van der Waals surface area (Å²) in [5.41, 5.74) is -1.84. The summed E-state index contributed by atoms with van der Waals surface area (Å²) in [6, 6.07) is 0. The van der Waals surface area contributed by atoms with E-state index in [1.165, 1.54) is 0 Å². The molecule has 1 saturated heterocycles. The van der Waals surface area contributed by atoms with Crippen LogP contribution < -0.4 is 81.2 Å². The molecule has 0 aromatic carbocycles. The minimum absolute atomic E-state index is 0. The van der Waals surface area contributed by atoms with Gasteiger partial charge in [0.15, 0.2) is 0 Å². The second kappa shape index (κ2) is 23.5. The molecule has 15 heteroatoms. The van der Waals surface area contributed by atoms with Crippen LogP contribution in [0.5, 0.6) is 0 Å². The molecule has 252 valence electrons. The zero-order valence-electron chi connectivity index (χ0n) is 29.8. The number of hydrogen-bond donors (Lipinski definition) is 0. The van der Waals surface area contributed by atoms with Crippen LogP contribution in [0.2, 0.25) is 0 Å². The SMILES string of the molecule is CC(C)(C)OC(=O)CN1CCN(CCCC(=O)[O-])CCN(CC(=O)OC(C)(C)C)CCN(CC(=O)OC(C)(C)C)CC1.[Br-].[Na+].[Na+]. The number of carboxylic acid groups (broad SMARTS) is 1. The first kappa shape index (κ1) is 49.6. The summed E-state index contributed by atoms with van der Waals surface area (Å²) in [7, 11) is 0. The summed E-state index contributed by atoms with van der Waals surface area (Å²) < 4.78 is 16.7. The Balaban J connectivity index is -0.00000588. The number of hydrogen-bond acceptors (Lipinski definition) is 12. The summed E-state index contributed by atoms with van der Waals surface area (Å²) >= 11 is 0. The molecule has 0 aromatic heterocycles. The molecule has 0 aliphatic carbocycles. The Morgan fingerprint density at radius 2 is 0.778 bits per heavy atom. The summed E-state index contributed by atoms with van der Waals surface area (Å²) in [5, 5.41) is 11.0. The normalized spacial score (nSPS) is 16.8. The van der Waals surface area contributed by atoms with Gasteiger partial charge in [0.05, 0.1) is 19.6 Å². The molecule has 1 rings (SSSR count). The van der Waals surface area contributed by atoms with Crippen molar-refractivity contribution in [3.05, 3.63) is 0 Å². The van der Waals surface area contributed by atoms with Gasteiger partial charge in [-0.15, -0.1) is 0 Å². The van der Waals surface area contributed by atoms with Gasteiger partial charge in [-0.05, 0) is 81.7 Å². The molecule has 0 amide bonds. The van der Waals surface area contributed by atoms with Crippen molar-refractivity contribution in [3.8, 4) is 0 Å². The number of carboxylic acids is 1. The van der Waals surface area contributed by atoms with Crippen molar-refractivity contribution in [3.63, 3.8) is 0 Å². The fourth-order valence-electron chi connectivity index (χ4n) is 4.39. The van der Waals surface area contributed by atoms with Crippen LogP contribution >= 0.6 is 0 Å². The Morgan fingerprint density at radius 3 is 1.00 bits per heavy atom. The average Bonchev–Trinajstić information content (AvgIpc) is 2.76. The van der Waals surface area contributed by atoms with Crippen LogP contribution in [0.25, 0.3) is 0 Å². The van der Waals surface area contributed by atoms with Gasteiger partial charge in [0.2, 0.25) is 0 Å². The molecule has 0 atom stereocenters. The van der Waals surface area contributed by atoms with Crippen molar-refractivity contribution < 1.29 is 115 Å². The number of rotatable bonds is 10. The molecule has 1 fully saturated rings. The van der Waals surface area contributed by atoms with E-state index in [2.05, 4.69) is 4.90 Å². The van der Waals surface area contributed by atoms with E-state index in [1.807, 2.05) is 77.0 Å². The van der Waals surface area contributed by atoms with Gasteiger partial charge in [0.25, 0.3) is 0 Å². The monoisotopic (exact) mass is 724 g/mol. The maximum absolute atomic E-state index is 12.7. The van der Waals surface area contributed by atoms with E-state index < -0.39 is 22.8 Å². The van der Waals surface area contributed by atoms with E-state index in [-0.39, 0.29) is 120 Å². The van der Waals surface area contributed by atoms with Gasteiger partial charge in [-0.3, -0.25) is 29.1 Å². The summed E-state index contributed by atoms with van der Waals surface area (Å²) in [6.07, 6.45) is 0.392. The Kier molecular flexibility index (Phi) is 25.9. The van der Waals surface area contributed by atoms with Crippen LogP contribution in [0.1, 0.15) is 75.2 Å². The van der Waals surface area contributed by atoms with Gasteiger partial charge in [0.1, 0.15) is 16.8 Å². The fourth-order valence-corrected chi connectivity index (χ4v) is 4.39. The smallest absolute Gasteiger partial charge is 1.00 e. The molecular formula is C30H55BrN4Na2O8. The number of aliphatic carboxylic acids is 1. The standard InChI is InChI=1S/C30H56N4O8.BrH.2Na/c1-28(2,3)40-25(37)21-32-15-13-31(12-10-11-24(35)36)14-16-33(22-26(38)41-29(4,5)6)18-20-34(19-17-32)23-27(39)42-30(7,8)9;;;/h10-23H2,1-9H3,(H,35,36);1H;;/q;;2*+1/p-2. The van der Waals surface area contributed by atoms with Crippen molar-refractivity contribution in [2.24, 2.45) is 0 Å². The molecule has 0 spiro atoms. The fraction of sp³-hybridized carbons (Fsp3) is 0.867. The van der Waals surface area contributed by atoms with Crippen LogP contribution in [0.15, 0.2) is 0 Å². The molecule has 0 radical (unpaired) electrons. The van der Waals surface area contributed by atoms with E-state index >= 15 is 0 Å². The van der Waals surface area contributed by atoms with Gasteiger partial charge >= 0.3 is 77.0 Å². The van der Waals surface area contributed by atoms with Crippen molar-refractivity contribution >= 4 is 23.9 Å². The maximum atomic E-state index is 12.7. The summed E-state index contributed by atoms with van der Waals surface area (Å²) in [4.78, 5) is 57.3. The number of nitrogens with zero attached hydrogens (tertiary/aromatic N) is 4. The Bertz CT molecular complexity index is 849. The zero-order chi connectivity index (χ0) is 32.1. The Morgan fingerprint density at radius 1 is 0.533 bits per heavy atom. The van der Waals surface area contributed by atoms with Gasteiger partial charge < -0.3 is 46.0 Å². The van der Waals surface area contributed by atoms with Crippen molar-refractivity contribution in [1.29, 1.82) is 0 Å². The number of carbonyl (C=O) groups is 4. The molecule has 0 aromatic rings. The van der Waals surface area contributed by atoms with Crippen LogP contribution in [0.4, 0.5) is 0 Å². The first-order valence-electron chi connectivity index (χ1n) is 15.0. The predicted molar refractivity (Wildman–Crippen MR) is 158 cm³/mol. The molecule has 12 nitrogen and oxygen atoms in total. The van der Waals surface area contributed by atoms with Crippen molar-refractivity contribution in [2.45, 2.75) is 92.0 Å². The van der Waals surface area contributed by atoms with Crippen LogP contribution in [0.3, 0.4) is 0 Å². The molecule has 1 aliphatic rings. The second-order valence-corrected chi connectivity index (χ2v) is 13.9. The van der Waals surface area contributed by atoms with E-state index in [1.54, 1.807) is 0 Å². The minimum atomic E-state index is -1.09. The number of ether oxygens (including phenoxy) is 3. The predicted octanol–water partition coefficient (Wildman–Crippen LogP) is -8.22. The zero-order valence-corrected chi connectivity index (χ0v) is 35.4. The molecule has 1 aliphatic heterocycles. The molecule has 45 heavy (non-hydrogen) atoms. The van der Waals surface area contributed by atoms with E-state index in [4.69, 9.17) is 14.2 Å². The molecule has 0 unspecified atom stereocenters. The molecule has 1 heterocycles. The molecule has 0 N–H and O–H groups in total. The van der Waals surface area contributed by atoms with Gasteiger partial charge in [-0.1, -0.05) is 0 Å². The molecule has 0 bridgehead atoms. The topological polar surface area (TPSA) is 132 Å². The van der Waals surface area contributed by atoms with Crippen LogP contribution in [0, 0.1) is 0 Å². The van der Waals surface area contributed by atoms with Crippen molar-refractivity contribution in [2.75, 3.05) is 78.5 Å². The summed E-state index contributed by atoms with van der Waals surface area (Å²) in [6.45, 7) is 21.5. The Hall–Kier alpha value is 0.200. The third-order valence-electron chi connectivity index (χ3n) is 6.10. The number of esters is 3. The minimum Gasteiger partial charge on any atom is -1.00 e. The first-order chi connectivity index (χ1) is 19.2. The Labute approximate surface area is 325 Å². The van der Waals surface area contributed by atoms with Gasteiger partial charge in [0, 0.05) is 58.3 Å². The third-order valence-corrected chi connectivity index (χ3v) is 6.10. The van der Waals surface area contributed by atoms with E-state index in [0.717, 1.165) is 0 Å². The van der Waals surface area contributed by atoms with Gasteiger partial charge in [-0.25, -0.2) is 0 Å². The van der Waals surface area contributed by atoms with E-state index in [9.17, 15) is 24.3 Å². The summed E-state index contributed by atoms with van der Waals surface area (Å²) in [5.74, 6) is -2.10. The third kappa shape index (κ3) is 27.8. The number of halogens is 1. The van der Waals surface area contributed by atoms with Crippen molar-refractivity contribution in [1.82, 2.24) is 19.6 Å². The quantitative estimate of drug-likeness (QED) is 0.121.